The third-order valence-corrected chi connectivity index (χ3v) is 3.78. The summed E-state index contributed by atoms with van der Waals surface area (Å²) in [7, 11) is 0. The lowest BCUT2D eigenvalue weighted by atomic mass is 10.0. The average molecular weight is 289 g/mol. The highest BCUT2D eigenvalue weighted by atomic mass is 16.6. The number of benzene rings is 1. The highest BCUT2D eigenvalue weighted by Gasteiger charge is 2.23. The summed E-state index contributed by atoms with van der Waals surface area (Å²) in [6, 6.07) is 6.20. The van der Waals surface area contributed by atoms with Gasteiger partial charge in [0.05, 0.1) is 13.2 Å². The number of carbonyl (C=O) groups is 1. The number of rotatable bonds is 2. The third-order valence-electron chi connectivity index (χ3n) is 3.78. The van der Waals surface area contributed by atoms with E-state index in [4.69, 9.17) is 9.47 Å². The molecule has 1 fully saturated rings. The monoisotopic (exact) mass is 289 g/mol. The lowest BCUT2D eigenvalue weighted by Crippen LogP contribution is -2.37. The van der Waals surface area contributed by atoms with Gasteiger partial charge in [0, 0.05) is 24.3 Å². The van der Waals surface area contributed by atoms with Crippen LogP contribution in [0.1, 0.15) is 18.1 Å². The summed E-state index contributed by atoms with van der Waals surface area (Å²) in [6.07, 6.45) is -0.847. The van der Waals surface area contributed by atoms with Crippen LogP contribution in [0.15, 0.2) is 23.3 Å². The van der Waals surface area contributed by atoms with E-state index in [1.165, 1.54) is 11.3 Å². The Hall–Kier alpha value is -2.08. The Balaban J connectivity index is 1.85. The van der Waals surface area contributed by atoms with E-state index >= 15 is 0 Å². The maximum atomic E-state index is 11.1. The fourth-order valence-corrected chi connectivity index (χ4v) is 2.71. The second-order valence-electron chi connectivity index (χ2n) is 5.26. The minimum absolute atomic E-state index is 0.340. The van der Waals surface area contributed by atoms with Crippen molar-refractivity contribution in [3.8, 4) is 0 Å². The van der Waals surface area contributed by atoms with Crippen LogP contribution in [0, 0.1) is 6.92 Å². The van der Waals surface area contributed by atoms with Crippen molar-refractivity contribution in [2.45, 2.75) is 20.0 Å². The minimum atomic E-state index is -0.507. The first kappa shape index (κ1) is 13.9. The number of hydrogen-bond donors (Lipinski definition) is 1. The zero-order chi connectivity index (χ0) is 14.8. The van der Waals surface area contributed by atoms with Crippen LogP contribution in [0.25, 0.3) is 0 Å². The Morgan fingerprint density at radius 1 is 1.33 bits per heavy atom. The highest BCUT2D eigenvalue weighted by Crippen LogP contribution is 2.23. The van der Waals surface area contributed by atoms with E-state index in [1.54, 1.807) is 0 Å². The molecule has 0 bridgehead atoms. The number of morpholine rings is 1. The molecule has 2 aliphatic heterocycles. The van der Waals surface area contributed by atoms with Crippen LogP contribution < -0.4 is 10.3 Å². The normalized spacial score (nSPS) is 22.4. The summed E-state index contributed by atoms with van der Waals surface area (Å²) in [6.45, 7) is 7.27. The molecule has 0 saturated carbocycles. The molecule has 1 unspecified atom stereocenters. The van der Waals surface area contributed by atoms with E-state index in [-0.39, 0.29) is 6.10 Å². The maximum Gasteiger partial charge on any atom is 0.428 e. The molecule has 2 heterocycles. The number of nitrogens with one attached hydrogen (secondary N) is 1. The summed E-state index contributed by atoms with van der Waals surface area (Å²) in [5.41, 5.74) is 6.47. The van der Waals surface area contributed by atoms with Crippen molar-refractivity contribution in [1.82, 2.24) is 5.43 Å². The molecule has 0 aromatic heterocycles. The van der Waals surface area contributed by atoms with Crippen molar-refractivity contribution in [1.29, 1.82) is 0 Å². The molecule has 1 aromatic carbocycles. The lowest BCUT2D eigenvalue weighted by Gasteiger charge is -2.30. The molecule has 6 heteroatoms. The van der Waals surface area contributed by atoms with Gasteiger partial charge in [-0.2, -0.15) is 5.10 Å². The van der Waals surface area contributed by atoms with E-state index in [2.05, 4.69) is 34.5 Å². The van der Waals surface area contributed by atoms with Gasteiger partial charge in [-0.25, -0.2) is 10.2 Å². The number of amides is 1. The second-order valence-corrected chi connectivity index (χ2v) is 5.26. The molecule has 1 amide bonds. The van der Waals surface area contributed by atoms with Gasteiger partial charge in [-0.15, -0.1) is 0 Å². The van der Waals surface area contributed by atoms with Crippen molar-refractivity contribution < 1.29 is 14.3 Å². The Kier molecular flexibility index (Phi) is 3.79. The van der Waals surface area contributed by atoms with Gasteiger partial charge in [0.1, 0.15) is 11.8 Å². The van der Waals surface area contributed by atoms with Crippen LogP contribution in [-0.2, 0) is 9.47 Å². The number of carbonyl (C=O) groups excluding carboxylic acids is 1. The van der Waals surface area contributed by atoms with E-state index in [0.717, 1.165) is 37.6 Å². The van der Waals surface area contributed by atoms with Gasteiger partial charge >= 0.3 is 6.09 Å². The highest BCUT2D eigenvalue weighted by molar-refractivity contribution is 6.06. The first-order chi connectivity index (χ1) is 10.1. The number of aryl methyl sites for hydroxylation is 1. The fraction of sp³-hybridized carbons (Fsp3) is 0.467. The van der Waals surface area contributed by atoms with Crippen LogP contribution in [0.2, 0.25) is 0 Å². The second kappa shape index (κ2) is 5.73. The topological polar surface area (TPSA) is 63.2 Å². The summed E-state index contributed by atoms with van der Waals surface area (Å²) < 4.78 is 10.5. The largest absolute Gasteiger partial charge is 0.439 e. The van der Waals surface area contributed by atoms with E-state index in [1.807, 2.05) is 13.0 Å². The zero-order valence-electron chi connectivity index (χ0n) is 12.3. The summed E-state index contributed by atoms with van der Waals surface area (Å²) in [5.74, 6) is 0. The molecule has 2 aliphatic rings. The van der Waals surface area contributed by atoms with Crippen LogP contribution >= 0.6 is 0 Å². The van der Waals surface area contributed by atoms with E-state index < -0.39 is 6.09 Å². The Morgan fingerprint density at radius 2 is 2.10 bits per heavy atom. The number of nitrogens with zero attached hydrogens (tertiary/aromatic N) is 2. The van der Waals surface area contributed by atoms with Crippen molar-refractivity contribution in [2.75, 3.05) is 31.2 Å². The Bertz CT molecular complexity index is 580. The van der Waals surface area contributed by atoms with Crippen LogP contribution in [0.3, 0.4) is 0 Å². The number of hydrogen-bond acceptors (Lipinski definition) is 5. The van der Waals surface area contributed by atoms with Crippen LogP contribution in [0.5, 0.6) is 0 Å². The molecule has 1 aromatic rings. The molecule has 1 atom stereocenters. The molecule has 21 heavy (non-hydrogen) atoms. The number of cyclic esters (lactones) is 1. The quantitative estimate of drug-likeness (QED) is 0.899. The Labute approximate surface area is 123 Å². The van der Waals surface area contributed by atoms with Gasteiger partial charge in [0.25, 0.3) is 0 Å². The third kappa shape index (κ3) is 2.85. The first-order valence-electron chi connectivity index (χ1n) is 7.13. The van der Waals surface area contributed by atoms with Crippen molar-refractivity contribution in [3.05, 3.63) is 29.3 Å². The van der Waals surface area contributed by atoms with E-state index in [0.29, 0.717) is 0 Å². The predicted octanol–water partition coefficient (Wildman–Crippen LogP) is 1.66. The van der Waals surface area contributed by atoms with Gasteiger partial charge in [-0.3, -0.25) is 0 Å². The van der Waals surface area contributed by atoms with Gasteiger partial charge in [0.2, 0.25) is 0 Å². The SMILES string of the molecule is Cc1cc(C2=NNC(=O)OC2C)ccc1N1CCOCC1. The average Bonchev–Trinajstić information content (AvgIpc) is 2.48. The van der Waals surface area contributed by atoms with Crippen molar-refractivity contribution in [2.24, 2.45) is 5.10 Å². The van der Waals surface area contributed by atoms with Crippen molar-refractivity contribution >= 4 is 17.5 Å². The molecule has 0 aliphatic carbocycles. The number of ether oxygens (including phenoxy) is 2. The molecule has 1 N–H and O–H groups in total. The first-order valence-corrected chi connectivity index (χ1v) is 7.13. The van der Waals surface area contributed by atoms with Gasteiger partial charge in [-0.1, -0.05) is 6.07 Å². The fourth-order valence-electron chi connectivity index (χ4n) is 2.71. The van der Waals surface area contributed by atoms with Gasteiger partial charge in [0.15, 0.2) is 0 Å². The van der Waals surface area contributed by atoms with Crippen molar-refractivity contribution in [3.63, 3.8) is 0 Å². The minimum Gasteiger partial charge on any atom is -0.439 e. The summed E-state index contributed by atoms with van der Waals surface area (Å²) >= 11 is 0. The predicted molar refractivity (Wildman–Crippen MR) is 79.8 cm³/mol. The number of anilines is 1. The molecule has 0 radical (unpaired) electrons. The standard InChI is InChI=1S/C15H19N3O3/c1-10-9-12(14-11(2)21-15(19)17-16-14)3-4-13(10)18-5-7-20-8-6-18/h3-4,9,11H,5-8H2,1-2H3,(H,17,19). The number of hydrazone groups is 1. The molecule has 112 valence electrons. The van der Waals surface area contributed by atoms with E-state index in [9.17, 15) is 4.79 Å². The maximum absolute atomic E-state index is 11.1. The lowest BCUT2D eigenvalue weighted by molar-refractivity contribution is 0.122. The zero-order valence-corrected chi connectivity index (χ0v) is 12.3. The summed E-state index contributed by atoms with van der Waals surface area (Å²) in [4.78, 5) is 13.4. The van der Waals surface area contributed by atoms with Crippen LogP contribution in [-0.4, -0.2) is 44.2 Å². The smallest absolute Gasteiger partial charge is 0.428 e. The molecule has 6 nitrogen and oxygen atoms in total. The molecular weight excluding hydrogens is 270 g/mol. The molecule has 1 saturated heterocycles. The Morgan fingerprint density at radius 3 is 2.76 bits per heavy atom. The molecule has 3 rings (SSSR count). The molecule has 0 spiro atoms. The van der Waals surface area contributed by atoms with Crippen LogP contribution in [0.4, 0.5) is 10.5 Å². The van der Waals surface area contributed by atoms with Gasteiger partial charge < -0.3 is 14.4 Å². The summed E-state index contributed by atoms with van der Waals surface area (Å²) in [5, 5.41) is 4.10. The van der Waals surface area contributed by atoms with Gasteiger partial charge in [-0.05, 0) is 31.5 Å². The molecular formula is C15H19N3O3.